The Morgan fingerprint density at radius 1 is 1.09 bits per heavy atom. The molecule has 1 rings (SSSR count). The second kappa shape index (κ2) is 2.45. The zero-order valence-corrected chi connectivity index (χ0v) is 5.63. The first-order valence-corrected chi connectivity index (χ1v) is 2.90. The van der Waals surface area contributed by atoms with Gasteiger partial charge in [0.1, 0.15) is 11.4 Å². The Morgan fingerprint density at radius 2 is 1.45 bits per heavy atom. The van der Waals surface area contributed by atoms with Crippen molar-refractivity contribution >= 4 is 11.8 Å². The Kier molecular flexibility index (Phi) is 1.63. The number of amides is 2. The van der Waals surface area contributed by atoms with E-state index in [0.29, 0.717) is 0 Å². The molecule has 0 atom stereocenters. The SMILES string of the molecule is NC(=O)c1ccc(C(N)=O)[nH]1. The van der Waals surface area contributed by atoms with Gasteiger partial charge in [0.05, 0.1) is 0 Å². The molecule has 0 aliphatic rings. The highest BCUT2D eigenvalue weighted by Gasteiger charge is 2.06. The number of carbonyl (C=O) groups is 2. The molecule has 5 heteroatoms. The summed E-state index contributed by atoms with van der Waals surface area (Å²) in [7, 11) is 0. The second-order valence-electron chi connectivity index (χ2n) is 2.01. The smallest absolute Gasteiger partial charge is 0.265 e. The number of hydrogen-bond acceptors (Lipinski definition) is 2. The average Bonchev–Trinajstić information content (AvgIpc) is 2.33. The summed E-state index contributed by atoms with van der Waals surface area (Å²) >= 11 is 0. The van der Waals surface area contributed by atoms with Gasteiger partial charge in [-0.2, -0.15) is 0 Å². The molecule has 0 saturated heterocycles. The van der Waals surface area contributed by atoms with Crippen LogP contribution in [0, 0.1) is 0 Å². The summed E-state index contributed by atoms with van der Waals surface area (Å²) in [6.45, 7) is 0. The third-order valence-electron chi connectivity index (χ3n) is 1.22. The van der Waals surface area contributed by atoms with E-state index in [1.807, 2.05) is 0 Å². The van der Waals surface area contributed by atoms with Crippen molar-refractivity contribution < 1.29 is 9.59 Å². The Bertz CT molecular complexity index is 274. The van der Waals surface area contributed by atoms with Gasteiger partial charge in [-0.15, -0.1) is 0 Å². The Balaban J connectivity index is 2.99. The fourth-order valence-corrected chi connectivity index (χ4v) is 0.683. The van der Waals surface area contributed by atoms with Crippen LogP contribution in [0.5, 0.6) is 0 Å². The monoisotopic (exact) mass is 153 g/mol. The predicted octanol–water partition coefficient (Wildman–Crippen LogP) is -0.788. The lowest BCUT2D eigenvalue weighted by Gasteiger charge is -1.87. The molecule has 0 radical (unpaired) electrons. The highest BCUT2D eigenvalue weighted by Crippen LogP contribution is 1.99. The van der Waals surface area contributed by atoms with Crippen molar-refractivity contribution in [3.05, 3.63) is 23.5 Å². The molecule has 0 aromatic carbocycles. The van der Waals surface area contributed by atoms with Gasteiger partial charge in [0.25, 0.3) is 11.8 Å². The van der Waals surface area contributed by atoms with Crippen LogP contribution in [-0.4, -0.2) is 16.8 Å². The number of aromatic amines is 1. The van der Waals surface area contributed by atoms with Crippen LogP contribution in [0.4, 0.5) is 0 Å². The zero-order chi connectivity index (χ0) is 8.43. The second-order valence-corrected chi connectivity index (χ2v) is 2.01. The van der Waals surface area contributed by atoms with Crippen LogP contribution in [0.3, 0.4) is 0 Å². The lowest BCUT2D eigenvalue weighted by atomic mass is 10.4. The van der Waals surface area contributed by atoms with Crippen molar-refractivity contribution in [1.29, 1.82) is 0 Å². The number of hydrogen-bond donors (Lipinski definition) is 3. The lowest BCUT2D eigenvalue weighted by molar-refractivity contribution is 0.0995. The molecule has 58 valence electrons. The standard InChI is InChI=1S/C6H7N3O2/c7-5(10)3-1-2-4(9-3)6(8)11/h1-2,9H,(H2,7,10)(H2,8,11). The topological polar surface area (TPSA) is 102 Å². The van der Waals surface area contributed by atoms with E-state index in [-0.39, 0.29) is 11.4 Å². The van der Waals surface area contributed by atoms with E-state index < -0.39 is 11.8 Å². The fraction of sp³-hybridized carbons (Fsp3) is 0. The number of nitrogens with one attached hydrogen (secondary N) is 1. The molecule has 0 spiro atoms. The van der Waals surface area contributed by atoms with E-state index in [0.717, 1.165) is 0 Å². The number of nitrogens with two attached hydrogens (primary N) is 2. The van der Waals surface area contributed by atoms with E-state index in [1.54, 1.807) is 0 Å². The van der Waals surface area contributed by atoms with Gasteiger partial charge < -0.3 is 16.5 Å². The van der Waals surface area contributed by atoms with Gasteiger partial charge in [0, 0.05) is 0 Å². The minimum atomic E-state index is -0.613. The number of aromatic nitrogens is 1. The molecule has 1 aromatic heterocycles. The Hall–Kier alpha value is -1.78. The van der Waals surface area contributed by atoms with Crippen molar-refractivity contribution in [2.45, 2.75) is 0 Å². The maximum Gasteiger partial charge on any atom is 0.265 e. The van der Waals surface area contributed by atoms with Crippen LogP contribution in [0.25, 0.3) is 0 Å². The van der Waals surface area contributed by atoms with E-state index in [4.69, 9.17) is 11.5 Å². The summed E-state index contributed by atoms with van der Waals surface area (Å²) in [5, 5.41) is 0. The lowest BCUT2D eigenvalue weighted by Crippen LogP contribution is -2.14. The molecule has 1 aromatic rings. The highest BCUT2D eigenvalue weighted by atomic mass is 16.1. The molecule has 0 unspecified atom stereocenters. The summed E-state index contributed by atoms with van der Waals surface area (Å²) in [6.07, 6.45) is 0. The van der Waals surface area contributed by atoms with Gasteiger partial charge in [-0.05, 0) is 12.1 Å². The molecule has 0 bridgehead atoms. The van der Waals surface area contributed by atoms with Crippen LogP contribution in [-0.2, 0) is 0 Å². The largest absolute Gasteiger partial charge is 0.364 e. The minimum absolute atomic E-state index is 0.179. The van der Waals surface area contributed by atoms with Gasteiger partial charge in [-0.3, -0.25) is 9.59 Å². The molecule has 5 N–H and O–H groups in total. The summed E-state index contributed by atoms with van der Waals surface area (Å²) < 4.78 is 0. The Labute approximate surface area is 62.4 Å². The molecule has 1 heterocycles. The van der Waals surface area contributed by atoms with Crippen molar-refractivity contribution in [2.75, 3.05) is 0 Å². The molecule has 0 aliphatic carbocycles. The van der Waals surface area contributed by atoms with Gasteiger partial charge in [0.2, 0.25) is 0 Å². The molecule has 0 aliphatic heterocycles. The number of H-pyrrole nitrogens is 1. The van der Waals surface area contributed by atoms with E-state index in [2.05, 4.69) is 4.98 Å². The van der Waals surface area contributed by atoms with Crippen molar-refractivity contribution in [3.8, 4) is 0 Å². The average molecular weight is 153 g/mol. The van der Waals surface area contributed by atoms with Crippen LogP contribution in [0.1, 0.15) is 21.0 Å². The first kappa shape index (κ1) is 7.33. The van der Waals surface area contributed by atoms with Crippen molar-refractivity contribution in [1.82, 2.24) is 4.98 Å². The van der Waals surface area contributed by atoms with Gasteiger partial charge in [0.15, 0.2) is 0 Å². The molecule has 0 fully saturated rings. The third-order valence-corrected chi connectivity index (χ3v) is 1.22. The number of rotatable bonds is 2. The summed E-state index contributed by atoms with van der Waals surface area (Å²) in [5.74, 6) is -1.23. The summed E-state index contributed by atoms with van der Waals surface area (Å²) in [6, 6.07) is 2.81. The van der Waals surface area contributed by atoms with E-state index in [1.165, 1.54) is 12.1 Å². The fourth-order valence-electron chi connectivity index (χ4n) is 0.683. The first-order chi connectivity index (χ1) is 5.11. The quantitative estimate of drug-likeness (QED) is 0.518. The number of carbonyl (C=O) groups excluding carboxylic acids is 2. The molecule has 11 heavy (non-hydrogen) atoms. The van der Waals surface area contributed by atoms with Gasteiger partial charge in [-0.1, -0.05) is 0 Å². The maximum atomic E-state index is 10.5. The first-order valence-electron chi connectivity index (χ1n) is 2.90. The van der Waals surface area contributed by atoms with Gasteiger partial charge >= 0.3 is 0 Å². The molecular weight excluding hydrogens is 146 g/mol. The van der Waals surface area contributed by atoms with Crippen molar-refractivity contribution in [2.24, 2.45) is 11.5 Å². The molecule has 5 nitrogen and oxygen atoms in total. The zero-order valence-electron chi connectivity index (χ0n) is 5.63. The normalized spacial score (nSPS) is 9.45. The van der Waals surface area contributed by atoms with E-state index in [9.17, 15) is 9.59 Å². The minimum Gasteiger partial charge on any atom is -0.364 e. The van der Waals surface area contributed by atoms with Gasteiger partial charge in [-0.25, -0.2) is 0 Å². The molecular formula is C6H7N3O2. The van der Waals surface area contributed by atoms with Crippen LogP contribution in [0.2, 0.25) is 0 Å². The third kappa shape index (κ3) is 1.37. The van der Waals surface area contributed by atoms with Crippen LogP contribution < -0.4 is 11.5 Å². The molecule has 0 saturated carbocycles. The highest BCUT2D eigenvalue weighted by molar-refractivity contribution is 5.95. The number of primary amides is 2. The predicted molar refractivity (Wildman–Crippen MR) is 37.8 cm³/mol. The van der Waals surface area contributed by atoms with Crippen LogP contribution >= 0.6 is 0 Å². The Morgan fingerprint density at radius 3 is 1.64 bits per heavy atom. The van der Waals surface area contributed by atoms with Crippen LogP contribution in [0.15, 0.2) is 12.1 Å². The van der Waals surface area contributed by atoms with E-state index >= 15 is 0 Å². The summed E-state index contributed by atoms with van der Waals surface area (Å²) in [4.78, 5) is 23.4. The summed E-state index contributed by atoms with van der Waals surface area (Å²) in [5.41, 5.74) is 10.2. The molecule has 2 amide bonds. The maximum absolute atomic E-state index is 10.5. The van der Waals surface area contributed by atoms with Crippen molar-refractivity contribution in [3.63, 3.8) is 0 Å².